The van der Waals surface area contributed by atoms with Gasteiger partial charge in [0.1, 0.15) is 11.8 Å². The Morgan fingerprint density at radius 1 is 1.24 bits per heavy atom. The first-order chi connectivity index (χ1) is 7.44. The second-order valence-corrected chi connectivity index (χ2v) is 5.61. The van der Waals surface area contributed by atoms with Crippen LogP contribution in [0.4, 0.5) is 4.79 Å². The van der Waals surface area contributed by atoms with Crippen LogP contribution in [0.2, 0.25) is 0 Å². The molecule has 6 nitrogen and oxygen atoms in total. The van der Waals surface area contributed by atoms with Gasteiger partial charge in [0.15, 0.2) is 0 Å². The molecule has 0 rings (SSSR count). The average Bonchev–Trinajstić information content (AvgIpc) is 1.96. The Hall–Kier alpha value is -1.30. The fourth-order valence-electron chi connectivity index (χ4n) is 1.10. The smallest absolute Gasteiger partial charge is 0.409 e. The highest BCUT2D eigenvalue weighted by atomic mass is 16.6. The van der Waals surface area contributed by atoms with E-state index in [1.54, 1.807) is 34.6 Å². The quantitative estimate of drug-likeness (QED) is 0.651. The van der Waals surface area contributed by atoms with Gasteiger partial charge in [0, 0.05) is 5.41 Å². The van der Waals surface area contributed by atoms with Crippen molar-refractivity contribution in [1.29, 1.82) is 0 Å². The molecule has 3 N–H and O–H groups in total. The molecule has 0 bridgehead atoms. The molecule has 100 valence electrons. The molecular formula is C11H21NO5. The van der Waals surface area contributed by atoms with Gasteiger partial charge in [-0.05, 0) is 20.8 Å². The van der Waals surface area contributed by atoms with Crippen molar-refractivity contribution >= 4 is 12.1 Å². The summed E-state index contributed by atoms with van der Waals surface area (Å²) in [5.41, 5.74) is -1.64. The first kappa shape index (κ1) is 15.7. The lowest BCUT2D eigenvalue weighted by atomic mass is 9.87. The normalized spacial score (nSPS) is 14.0. The van der Waals surface area contributed by atoms with Gasteiger partial charge in [-0.1, -0.05) is 13.8 Å². The fourth-order valence-corrected chi connectivity index (χ4v) is 1.10. The van der Waals surface area contributed by atoms with Crippen molar-refractivity contribution in [1.82, 2.24) is 5.32 Å². The number of hydrogen-bond acceptors (Lipinski definition) is 4. The first-order valence-corrected chi connectivity index (χ1v) is 5.33. The summed E-state index contributed by atoms with van der Waals surface area (Å²) in [6.07, 6.45) is -2.32. The van der Waals surface area contributed by atoms with Crippen molar-refractivity contribution in [2.24, 2.45) is 5.41 Å². The number of ether oxygens (including phenoxy) is 1. The number of carboxylic acid groups (broad SMARTS) is 1. The van der Waals surface area contributed by atoms with Crippen LogP contribution in [-0.2, 0) is 9.53 Å². The van der Waals surface area contributed by atoms with Crippen LogP contribution in [0, 0.1) is 5.41 Å². The van der Waals surface area contributed by atoms with E-state index in [-0.39, 0.29) is 6.42 Å². The second-order valence-electron chi connectivity index (χ2n) is 5.61. The van der Waals surface area contributed by atoms with Crippen molar-refractivity contribution in [2.75, 3.05) is 0 Å². The Bertz CT molecular complexity index is 293. The molecule has 0 aliphatic heterocycles. The zero-order valence-corrected chi connectivity index (χ0v) is 10.9. The highest BCUT2D eigenvalue weighted by Crippen LogP contribution is 2.24. The number of alkyl carbamates (subject to hydrolysis) is 1. The highest BCUT2D eigenvalue weighted by molar-refractivity contribution is 5.69. The number of carbonyl (C=O) groups is 2. The highest BCUT2D eigenvalue weighted by Gasteiger charge is 2.32. The van der Waals surface area contributed by atoms with Gasteiger partial charge in [-0.3, -0.25) is 10.1 Å². The van der Waals surface area contributed by atoms with Crippen LogP contribution in [0.25, 0.3) is 0 Å². The monoisotopic (exact) mass is 247 g/mol. The third-order valence-electron chi connectivity index (χ3n) is 2.00. The lowest BCUT2D eigenvalue weighted by Gasteiger charge is -2.30. The first-order valence-electron chi connectivity index (χ1n) is 5.33. The molecule has 0 saturated heterocycles. The van der Waals surface area contributed by atoms with Crippen LogP contribution in [0.3, 0.4) is 0 Å². The Balaban J connectivity index is 4.38. The van der Waals surface area contributed by atoms with E-state index in [1.807, 2.05) is 0 Å². The van der Waals surface area contributed by atoms with Crippen LogP contribution >= 0.6 is 0 Å². The van der Waals surface area contributed by atoms with Crippen LogP contribution < -0.4 is 5.32 Å². The summed E-state index contributed by atoms with van der Waals surface area (Å²) in [6.45, 7) is 8.18. The summed E-state index contributed by atoms with van der Waals surface area (Å²) < 4.78 is 4.95. The van der Waals surface area contributed by atoms with Crippen LogP contribution in [0.1, 0.15) is 41.0 Å². The molecule has 0 fully saturated rings. The third-order valence-corrected chi connectivity index (χ3v) is 2.00. The Labute approximate surface area is 101 Å². The molecule has 0 saturated carbocycles. The predicted octanol–water partition coefficient (Wildman–Crippen LogP) is 1.33. The Morgan fingerprint density at radius 3 is 2.06 bits per heavy atom. The second kappa shape index (κ2) is 5.35. The summed E-state index contributed by atoms with van der Waals surface area (Å²) in [4.78, 5) is 21.9. The molecule has 0 aromatic rings. The lowest BCUT2D eigenvalue weighted by molar-refractivity contribution is -0.141. The Morgan fingerprint density at radius 2 is 1.71 bits per heavy atom. The van der Waals surface area contributed by atoms with Gasteiger partial charge in [-0.25, -0.2) is 4.79 Å². The minimum absolute atomic E-state index is 0.260. The van der Waals surface area contributed by atoms with Gasteiger partial charge < -0.3 is 14.9 Å². The van der Waals surface area contributed by atoms with Crippen LogP contribution in [-0.4, -0.2) is 34.1 Å². The fraction of sp³-hybridized carbons (Fsp3) is 0.818. The molecule has 0 radical (unpaired) electrons. The van der Waals surface area contributed by atoms with Gasteiger partial charge in [0.2, 0.25) is 0 Å². The maximum Gasteiger partial charge on any atom is 0.409 e. The molecule has 0 aliphatic rings. The van der Waals surface area contributed by atoms with Crippen molar-refractivity contribution in [3.05, 3.63) is 0 Å². The van der Waals surface area contributed by atoms with Crippen LogP contribution in [0.15, 0.2) is 0 Å². The lowest BCUT2D eigenvalue weighted by Crippen LogP contribution is -2.47. The number of rotatable bonds is 4. The molecule has 1 atom stereocenters. The zero-order chi connectivity index (χ0) is 13.9. The number of carboxylic acids is 1. The third kappa shape index (κ3) is 6.78. The number of amides is 1. The van der Waals surface area contributed by atoms with Gasteiger partial charge in [-0.2, -0.15) is 0 Å². The molecular weight excluding hydrogens is 226 g/mol. The molecule has 0 aliphatic carbocycles. The minimum Gasteiger partial charge on any atom is -0.481 e. The van der Waals surface area contributed by atoms with E-state index >= 15 is 0 Å². The van der Waals surface area contributed by atoms with Crippen molar-refractivity contribution in [3.63, 3.8) is 0 Å². The topological polar surface area (TPSA) is 95.9 Å². The Kier molecular flexibility index (Phi) is 4.94. The van der Waals surface area contributed by atoms with E-state index in [4.69, 9.17) is 9.84 Å². The van der Waals surface area contributed by atoms with E-state index in [0.717, 1.165) is 0 Å². The molecule has 0 spiro atoms. The van der Waals surface area contributed by atoms with Gasteiger partial charge in [-0.15, -0.1) is 0 Å². The molecule has 1 unspecified atom stereocenters. The predicted molar refractivity (Wildman–Crippen MR) is 61.4 cm³/mol. The summed E-state index contributed by atoms with van der Waals surface area (Å²) >= 11 is 0. The van der Waals surface area contributed by atoms with Gasteiger partial charge in [0.25, 0.3) is 0 Å². The molecule has 0 aromatic carbocycles. The van der Waals surface area contributed by atoms with E-state index in [0.29, 0.717) is 0 Å². The maximum atomic E-state index is 11.4. The molecule has 0 aromatic heterocycles. The van der Waals surface area contributed by atoms with E-state index in [2.05, 4.69) is 5.32 Å². The standard InChI is InChI=1S/C11H21NO5/c1-10(2,3)17-9(16)12-8(15)11(4,5)6-7(13)14/h8,15H,6H2,1-5H3,(H,12,16)(H,13,14). The SMILES string of the molecule is CC(C)(C)OC(=O)NC(O)C(C)(C)CC(=O)O. The average molecular weight is 247 g/mol. The van der Waals surface area contributed by atoms with Crippen molar-refractivity contribution < 1.29 is 24.5 Å². The molecule has 17 heavy (non-hydrogen) atoms. The van der Waals surface area contributed by atoms with Crippen LogP contribution in [0.5, 0.6) is 0 Å². The molecule has 6 heteroatoms. The summed E-state index contributed by atoms with van der Waals surface area (Å²) in [5, 5.41) is 20.6. The number of aliphatic hydroxyl groups excluding tert-OH is 1. The summed E-state index contributed by atoms with van der Waals surface area (Å²) in [7, 11) is 0. The number of aliphatic hydroxyl groups is 1. The largest absolute Gasteiger partial charge is 0.481 e. The van der Waals surface area contributed by atoms with Gasteiger partial charge >= 0.3 is 12.1 Å². The van der Waals surface area contributed by atoms with Crippen molar-refractivity contribution in [2.45, 2.75) is 52.9 Å². The number of nitrogens with one attached hydrogen (secondary N) is 1. The number of aliphatic carboxylic acids is 1. The summed E-state index contributed by atoms with van der Waals surface area (Å²) in [6, 6.07) is 0. The number of carbonyl (C=O) groups excluding carboxylic acids is 1. The zero-order valence-electron chi connectivity index (χ0n) is 10.9. The molecule has 1 amide bonds. The van der Waals surface area contributed by atoms with Crippen molar-refractivity contribution in [3.8, 4) is 0 Å². The summed E-state index contributed by atoms with van der Waals surface area (Å²) in [5.74, 6) is -1.04. The minimum atomic E-state index is -1.28. The number of hydrogen-bond donors (Lipinski definition) is 3. The van der Waals surface area contributed by atoms with Gasteiger partial charge in [0.05, 0.1) is 6.42 Å². The molecule has 0 heterocycles. The maximum absolute atomic E-state index is 11.4. The van der Waals surface area contributed by atoms with E-state index in [1.165, 1.54) is 0 Å². The van der Waals surface area contributed by atoms with E-state index < -0.39 is 29.3 Å². The van der Waals surface area contributed by atoms with E-state index in [9.17, 15) is 14.7 Å².